The molecule has 0 amide bonds. The van der Waals surface area contributed by atoms with E-state index in [9.17, 15) is 5.11 Å². The molecule has 1 rings (SSSR count). The number of para-hydroxylation sites is 2. The van der Waals surface area contributed by atoms with Crippen LogP contribution in [-0.2, 0) is 0 Å². The Kier molecular flexibility index (Phi) is 6.54. The minimum absolute atomic E-state index is 0.255. The first-order valence-corrected chi connectivity index (χ1v) is 6.28. The maximum Gasteiger partial charge on any atom is 0.161 e. The van der Waals surface area contributed by atoms with Gasteiger partial charge in [-0.1, -0.05) is 26.0 Å². The fourth-order valence-electron chi connectivity index (χ4n) is 1.52. The summed E-state index contributed by atoms with van der Waals surface area (Å²) >= 11 is 0. The van der Waals surface area contributed by atoms with E-state index in [2.05, 4.69) is 19.2 Å². The third-order valence-electron chi connectivity index (χ3n) is 2.43. The Morgan fingerprint density at radius 2 is 1.83 bits per heavy atom. The van der Waals surface area contributed by atoms with Crippen molar-refractivity contribution < 1.29 is 14.6 Å². The molecule has 0 bridgehead atoms. The van der Waals surface area contributed by atoms with Crippen LogP contribution in [-0.4, -0.2) is 38.0 Å². The van der Waals surface area contributed by atoms with Crippen LogP contribution in [0.25, 0.3) is 0 Å². The van der Waals surface area contributed by atoms with E-state index in [1.165, 1.54) is 0 Å². The number of aliphatic hydroxyl groups is 1. The second-order valence-electron chi connectivity index (χ2n) is 4.67. The first-order valence-electron chi connectivity index (χ1n) is 6.28. The van der Waals surface area contributed by atoms with E-state index in [1.807, 2.05) is 24.3 Å². The maximum atomic E-state index is 9.76. The zero-order valence-electron chi connectivity index (χ0n) is 11.3. The van der Waals surface area contributed by atoms with Crippen LogP contribution in [0.15, 0.2) is 24.3 Å². The van der Waals surface area contributed by atoms with Crippen LogP contribution in [0.3, 0.4) is 0 Å². The highest BCUT2D eigenvalue weighted by atomic mass is 16.5. The monoisotopic (exact) mass is 253 g/mol. The van der Waals surface area contributed by atoms with Crippen LogP contribution in [0.5, 0.6) is 11.5 Å². The van der Waals surface area contributed by atoms with Gasteiger partial charge in [0.05, 0.1) is 7.11 Å². The summed E-state index contributed by atoms with van der Waals surface area (Å²) < 4.78 is 10.7. The first kappa shape index (κ1) is 14.8. The molecular formula is C14H23NO3. The molecule has 0 aliphatic carbocycles. The maximum absolute atomic E-state index is 9.76. The number of hydrogen-bond donors (Lipinski definition) is 2. The van der Waals surface area contributed by atoms with Crippen LogP contribution in [0, 0.1) is 5.92 Å². The van der Waals surface area contributed by atoms with Crippen molar-refractivity contribution in [3.05, 3.63) is 24.3 Å². The second-order valence-corrected chi connectivity index (χ2v) is 4.67. The number of aliphatic hydroxyl groups excluding tert-OH is 1. The fraction of sp³-hybridized carbons (Fsp3) is 0.571. The van der Waals surface area contributed by atoms with Crippen LogP contribution in [0.4, 0.5) is 0 Å². The Morgan fingerprint density at radius 3 is 2.44 bits per heavy atom. The normalized spacial score (nSPS) is 12.5. The van der Waals surface area contributed by atoms with Crippen molar-refractivity contribution in [1.29, 1.82) is 0 Å². The van der Waals surface area contributed by atoms with Crippen LogP contribution < -0.4 is 14.8 Å². The molecule has 4 heteroatoms. The molecule has 0 aliphatic rings. The van der Waals surface area contributed by atoms with Gasteiger partial charge in [0.15, 0.2) is 11.5 Å². The molecule has 1 aromatic carbocycles. The van der Waals surface area contributed by atoms with E-state index < -0.39 is 6.10 Å². The summed E-state index contributed by atoms with van der Waals surface area (Å²) in [6.07, 6.45) is -0.520. The summed E-state index contributed by atoms with van der Waals surface area (Å²) in [6.45, 7) is 5.94. The van der Waals surface area contributed by atoms with E-state index >= 15 is 0 Å². The van der Waals surface area contributed by atoms with Gasteiger partial charge in [-0.2, -0.15) is 0 Å². The van der Waals surface area contributed by atoms with Crippen molar-refractivity contribution in [2.45, 2.75) is 20.0 Å². The molecule has 0 fully saturated rings. The van der Waals surface area contributed by atoms with Gasteiger partial charge in [0.1, 0.15) is 12.7 Å². The second kappa shape index (κ2) is 7.95. The predicted molar refractivity (Wildman–Crippen MR) is 72.2 cm³/mol. The van der Waals surface area contributed by atoms with Crippen molar-refractivity contribution in [2.24, 2.45) is 5.92 Å². The molecule has 0 heterocycles. The lowest BCUT2D eigenvalue weighted by atomic mass is 10.2. The molecule has 0 aliphatic heterocycles. The molecule has 0 saturated carbocycles. The van der Waals surface area contributed by atoms with Crippen LogP contribution >= 0.6 is 0 Å². The van der Waals surface area contributed by atoms with Crippen LogP contribution in [0.2, 0.25) is 0 Å². The average molecular weight is 253 g/mol. The molecule has 2 N–H and O–H groups in total. The zero-order valence-corrected chi connectivity index (χ0v) is 11.3. The Balaban J connectivity index is 2.31. The highest BCUT2D eigenvalue weighted by Crippen LogP contribution is 2.25. The standard InChI is InChI=1S/C14H23NO3/c1-11(2)8-15-9-12(16)10-18-14-7-5-4-6-13(14)17-3/h4-7,11-12,15-16H,8-10H2,1-3H3/t12-/m1/s1. The number of methoxy groups -OCH3 is 1. The van der Waals surface area contributed by atoms with Gasteiger partial charge in [0, 0.05) is 6.54 Å². The third-order valence-corrected chi connectivity index (χ3v) is 2.43. The minimum Gasteiger partial charge on any atom is -0.493 e. The SMILES string of the molecule is COc1ccccc1OC[C@H](O)CNCC(C)C. The van der Waals surface area contributed by atoms with Crippen molar-refractivity contribution in [2.75, 3.05) is 26.8 Å². The van der Waals surface area contributed by atoms with E-state index in [4.69, 9.17) is 9.47 Å². The van der Waals surface area contributed by atoms with Crippen LogP contribution in [0.1, 0.15) is 13.8 Å². The molecule has 1 aromatic rings. The van der Waals surface area contributed by atoms with Crippen molar-refractivity contribution in [3.8, 4) is 11.5 Å². The molecule has 0 spiro atoms. The number of ether oxygens (including phenoxy) is 2. The van der Waals surface area contributed by atoms with Gasteiger partial charge < -0.3 is 19.9 Å². The molecule has 0 saturated heterocycles. The van der Waals surface area contributed by atoms with E-state index in [-0.39, 0.29) is 6.61 Å². The Morgan fingerprint density at radius 1 is 1.17 bits per heavy atom. The summed E-state index contributed by atoms with van der Waals surface area (Å²) in [5.74, 6) is 1.91. The number of hydrogen-bond acceptors (Lipinski definition) is 4. The molecule has 0 radical (unpaired) electrons. The minimum atomic E-state index is -0.520. The lowest BCUT2D eigenvalue weighted by Crippen LogP contribution is -2.33. The lowest BCUT2D eigenvalue weighted by Gasteiger charge is -2.15. The Labute approximate surface area is 109 Å². The molecule has 4 nitrogen and oxygen atoms in total. The van der Waals surface area contributed by atoms with E-state index in [0.717, 1.165) is 6.54 Å². The van der Waals surface area contributed by atoms with Crippen molar-refractivity contribution in [3.63, 3.8) is 0 Å². The number of rotatable bonds is 8. The predicted octanol–water partition coefficient (Wildman–Crippen LogP) is 1.68. The van der Waals surface area contributed by atoms with Gasteiger partial charge in [0.25, 0.3) is 0 Å². The smallest absolute Gasteiger partial charge is 0.161 e. The number of nitrogens with one attached hydrogen (secondary N) is 1. The highest BCUT2D eigenvalue weighted by Gasteiger charge is 2.08. The molecular weight excluding hydrogens is 230 g/mol. The van der Waals surface area contributed by atoms with Gasteiger partial charge in [0.2, 0.25) is 0 Å². The van der Waals surface area contributed by atoms with Gasteiger partial charge >= 0.3 is 0 Å². The molecule has 1 atom stereocenters. The molecule has 0 unspecified atom stereocenters. The van der Waals surface area contributed by atoms with Gasteiger partial charge in [-0.25, -0.2) is 0 Å². The van der Waals surface area contributed by atoms with Gasteiger partial charge in [-0.05, 0) is 24.6 Å². The quantitative estimate of drug-likeness (QED) is 0.740. The molecule has 102 valence electrons. The van der Waals surface area contributed by atoms with Gasteiger partial charge in [-0.15, -0.1) is 0 Å². The topological polar surface area (TPSA) is 50.7 Å². The van der Waals surface area contributed by atoms with Crippen molar-refractivity contribution in [1.82, 2.24) is 5.32 Å². The highest BCUT2D eigenvalue weighted by molar-refractivity contribution is 5.39. The fourth-order valence-corrected chi connectivity index (χ4v) is 1.52. The summed E-state index contributed by atoms with van der Waals surface area (Å²) in [5.41, 5.74) is 0. The van der Waals surface area contributed by atoms with Crippen molar-refractivity contribution >= 4 is 0 Å². The lowest BCUT2D eigenvalue weighted by molar-refractivity contribution is 0.104. The largest absolute Gasteiger partial charge is 0.493 e. The summed E-state index contributed by atoms with van der Waals surface area (Å²) in [4.78, 5) is 0. The number of benzene rings is 1. The summed E-state index contributed by atoms with van der Waals surface area (Å²) in [5, 5.41) is 12.9. The third kappa shape index (κ3) is 5.38. The summed E-state index contributed by atoms with van der Waals surface area (Å²) in [6, 6.07) is 7.42. The average Bonchev–Trinajstić information content (AvgIpc) is 2.36. The summed E-state index contributed by atoms with van der Waals surface area (Å²) in [7, 11) is 1.60. The molecule has 18 heavy (non-hydrogen) atoms. The van der Waals surface area contributed by atoms with E-state index in [1.54, 1.807) is 7.11 Å². The van der Waals surface area contributed by atoms with Gasteiger partial charge in [-0.3, -0.25) is 0 Å². The zero-order chi connectivity index (χ0) is 13.4. The molecule has 0 aromatic heterocycles. The Hall–Kier alpha value is -1.26. The Bertz CT molecular complexity index is 342. The van der Waals surface area contributed by atoms with E-state index in [0.29, 0.717) is 24.0 Å². The first-order chi connectivity index (χ1) is 8.63.